The Kier molecular flexibility index (Phi) is 4.94. The number of fused-ring (bicyclic) bond motifs is 1. The number of anilines is 1. The van der Waals surface area contributed by atoms with Gasteiger partial charge < -0.3 is 9.73 Å². The van der Waals surface area contributed by atoms with Crippen LogP contribution >= 0.6 is 11.6 Å². The molecule has 1 heterocycles. The quantitative estimate of drug-likeness (QED) is 0.672. The summed E-state index contributed by atoms with van der Waals surface area (Å²) in [6.45, 7) is 0. The van der Waals surface area contributed by atoms with Crippen LogP contribution in [-0.2, 0) is 4.79 Å². The number of amides is 1. The molecule has 3 aromatic rings. The fourth-order valence-electron chi connectivity index (χ4n) is 3.52. The molecule has 2 atom stereocenters. The van der Waals surface area contributed by atoms with E-state index in [0.29, 0.717) is 28.6 Å². The summed E-state index contributed by atoms with van der Waals surface area (Å²) in [5.74, 6) is 0.0234. The van der Waals surface area contributed by atoms with E-state index in [1.54, 1.807) is 30.3 Å². The van der Waals surface area contributed by atoms with E-state index < -0.39 is 5.63 Å². The maximum Gasteiger partial charge on any atom is 0.347 e. The minimum atomic E-state index is -0.450. The number of rotatable bonds is 3. The van der Waals surface area contributed by atoms with E-state index in [9.17, 15) is 9.59 Å². The maximum absolute atomic E-state index is 12.7. The van der Waals surface area contributed by atoms with E-state index in [4.69, 9.17) is 16.0 Å². The second-order valence-corrected chi connectivity index (χ2v) is 7.44. The van der Waals surface area contributed by atoms with Gasteiger partial charge in [-0.1, -0.05) is 30.7 Å². The van der Waals surface area contributed by atoms with Crippen molar-refractivity contribution in [3.8, 4) is 11.5 Å². The van der Waals surface area contributed by atoms with Gasteiger partial charge in [-0.3, -0.25) is 4.79 Å². The average molecular weight is 383 g/mol. The number of halogens is 1. The third-order valence-corrected chi connectivity index (χ3v) is 5.33. The van der Waals surface area contributed by atoms with E-state index in [2.05, 4.69) is 10.3 Å². The molecule has 27 heavy (non-hydrogen) atoms. The predicted octanol–water partition coefficient (Wildman–Crippen LogP) is 4.59. The summed E-state index contributed by atoms with van der Waals surface area (Å²) in [7, 11) is 0. The average Bonchev–Trinajstić information content (AvgIpc) is 2.68. The van der Waals surface area contributed by atoms with Crippen molar-refractivity contribution in [2.24, 2.45) is 5.92 Å². The second kappa shape index (κ2) is 7.53. The Labute approximate surface area is 161 Å². The summed E-state index contributed by atoms with van der Waals surface area (Å²) in [4.78, 5) is 29.4. The summed E-state index contributed by atoms with van der Waals surface area (Å²) in [6.07, 6.45) is 3.42. The molecule has 0 aliphatic heterocycles. The molecule has 138 valence electrons. The Morgan fingerprint density at radius 2 is 1.89 bits per heavy atom. The van der Waals surface area contributed by atoms with Crippen molar-refractivity contribution in [2.75, 3.05) is 5.32 Å². The van der Waals surface area contributed by atoms with Gasteiger partial charge >= 0.3 is 5.63 Å². The molecule has 2 aromatic carbocycles. The fourth-order valence-corrected chi connectivity index (χ4v) is 3.89. The summed E-state index contributed by atoms with van der Waals surface area (Å²) in [5, 5.41) is 3.44. The molecule has 0 radical (unpaired) electrons. The molecule has 0 saturated heterocycles. The standard InChI is InChI=1S/C21H19ClN2O3/c22-14-7-5-6-13(12-14)19(25)23-17-10-3-1-8-15(17)20-24-18-11-4-2-9-16(18)21(26)27-20/h1-4,8-11,13-14H,5-7,12H2,(H,23,25). The van der Waals surface area contributed by atoms with Gasteiger partial charge in [0.1, 0.15) is 0 Å². The third kappa shape index (κ3) is 3.74. The number of carbonyl (C=O) groups is 1. The van der Waals surface area contributed by atoms with Crippen molar-refractivity contribution >= 4 is 34.1 Å². The van der Waals surface area contributed by atoms with Crippen molar-refractivity contribution in [3.05, 3.63) is 59.0 Å². The summed E-state index contributed by atoms with van der Waals surface area (Å²) < 4.78 is 5.42. The van der Waals surface area contributed by atoms with Gasteiger partial charge in [-0.25, -0.2) is 9.78 Å². The van der Waals surface area contributed by atoms with Crippen LogP contribution in [0.1, 0.15) is 25.7 Å². The molecule has 1 saturated carbocycles. The highest BCUT2D eigenvalue weighted by molar-refractivity contribution is 6.20. The van der Waals surface area contributed by atoms with Gasteiger partial charge in [0.05, 0.1) is 22.2 Å². The van der Waals surface area contributed by atoms with E-state index in [0.717, 1.165) is 19.3 Å². The lowest BCUT2D eigenvalue weighted by Gasteiger charge is -2.24. The van der Waals surface area contributed by atoms with Crippen molar-refractivity contribution in [1.82, 2.24) is 4.98 Å². The van der Waals surface area contributed by atoms with Gasteiger partial charge in [-0.15, -0.1) is 11.6 Å². The van der Waals surface area contributed by atoms with Crippen molar-refractivity contribution in [3.63, 3.8) is 0 Å². The minimum Gasteiger partial charge on any atom is -0.403 e. The summed E-state index contributed by atoms with van der Waals surface area (Å²) >= 11 is 6.22. The molecule has 1 N–H and O–H groups in total. The SMILES string of the molecule is O=C(Nc1ccccc1-c1nc2ccccc2c(=O)o1)C1CCCC(Cl)C1. The molecule has 2 unspecified atom stereocenters. The number of aromatic nitrogens is 1. The van der Waals surface area contributed by atoms with E-state index in [1.165, 1.54) is 0 Å². The topological polar surface area (TPSA) is 72.2 Å². The molecule has 0 spiro atoms. The Bertz CT molecular complexity index is 1050. The van der Waals surface area contributed by atoms with Gasteiger partial charge in [0.25, 0.3) is 0 Å². The van der Waals surface area contributed by atoms with Crippen LogP contribution in [0.3, 0.4) is 0 Å². The van der Waals surface area contributed by atoms with Crippen LogP contribution in [-0.4, -0.2) is 16.3 Å². The zero-order chi connectivity index (χ0) is 18.8. The van der Waals surface area contributed by atoms with Gasteiger partial charge in [0.15, 0.2) is 0 Å². The Morgan fingerprint density at radius 1 is 1.11 bits per heavy atom. The van der Waals surface area contributed by atoms with Gasteiger partial charge in [-0.2, -0.15) is 0 Å². The monoisotopic (exact) mass is 382 g/mol. The van der Waals surface area contributed by atoms with Crippen LogP contribution in [0.15, 0.2) is 57.7 Å². The highest BCUT2D eigenvalue weighted by atomic mass is 35.5. The van der Waals surface area contributed by atoms with Gasteiger partial charge in [0, 0.05) is 11.3 Å². The first-order chi connectivity index (χ1) is 13.1. The first kappa shape index (κ1) is 17.7. The summed E-state index contributed by atoms with van der Waals surface area (Å²) in [5.41, 5.74) is 1.26. The van der Waals surface area contributed by atoms with E-state index in [-0.39, 0.29) is 23.1 Å². The maximum atomic E-state index is 12.7. The third-order valence-electron chi connectivity index (χ3n) is 4.93. The highest BCUT2D eigenvalue weighted by Crippen LogP contribution is 2.31. The molecule has 0 bridgehead atoms. The number of benzene rings is 2. The first-order valence-electron chi connectivity index (χ1n) is 9.06. The molecule has 6 heteroatoms. The Morgan fingerprint density at radius 3 is 2.74 bits per heavy atom. The van der Waals surface area contributed by atoms with Gasteiger partial charge in [-0.05, 0) is 43.5 Å². The smallest absolute Gasteiger partial charge is 0.347 e. The van der Waals surface area contributed by atoms with Gasteiger partial charge in [0.2, 0.25) is 11.8 Å². The van der Waals surface area contributed by atoms with E-state index >= 15 is 0 Å². The van der Waals surface area contributed by atoms with Crippen LogP contribution in [0.5, 0.6) is 0 Å². The van der Waals surface area contributed by atoms with Crippen LogP contribution in [0.4, 0.5) is 5.69 Å². The molecular weight excluding hydrogens is 364 g/mol. The van der Waals surface area contributed by atoms with E-state index in [1.807, 2.05) is 18.2 Å². The molecule has 4 rings (SSSR count). The first-order valence-corrected chi connectivity index (χ1v) is 9.49. The number of hydrogen-bond donors (Lipinski definition) is 1. The molecule has 1 fully saturated rings. The number of alkyl halides is 1. The molecular formula is C21H19ClN2O3. The number of carbonyl (C=O) groups excluding carboxylic acids is 1. The zero-order valence-electron chi connectivity index (χ0n) is 14.7. The summed E-state index contributed by atoms with van der Waals surface area (Å²) in [6, 6.07) is 14.2. The van der Waals surface area contributed by atoms with Crippen LogP contribution in [0.25, 0.3) is 22.4 Å². The van der Waals surface area contributed by atoms with Crippen LogP contribution in [0.2, 0.25) is 0 Å². The van der Waals surface area contributed by atoms with Crippen molar-refractivity contribution in [1.29, 1.82) is 0 Å². The molecule has 1 amide bonds. The number of hydrogen-bond acceptors (Lipinski definition) is 4. The Hall–Kier alpha value is -2.66. The second-order valence-electron chi connectivity index (χ2n) is 6.82. The van der Waals surface area contributed by atoms with Crippen LogP contribution in [0, 0.1) is 5.92 Å². The minimum absolute atomic E-state index is 0.0462. The zero-order valence-corrected chi connectivity index (χ0v) is 15.4. The fraction of sp³-hybridized carbons (Fsp3) is 0.286. The molecule has 5 nitrogen and oxygen atoms in total. The number of para-hydroxylation sites is 2. The lowest BCUT2D eigenvalue weighted by molar-refractivity contribution is -0.120. The molecule has 1 aromatic heterocycles. The van der Waals surface area contributed by atoms with Crippen molar-refractivity contribution in [2.45, 2.75) is 31.1 Å². The lowest BCUT2D eigenvalue weighted by Crippen LogP contribution is -2.28. The number of nitrogens with one attached hydrogen (secondary N) is 1. The number of nitrogens with zero attached hydrogens (tertiary/aromatic N) is 1. The lowest BCUT2D eigenvalue weighted by atomic mass is 9.88. The Balaban J connectivity index is 1.67. The molecule has 1 aliphatic carbocycles. The normalized spacial score (nSPS) is 19.7. The highest BCUT2D eigenvalue weighted by Gasteiger charge is 2.26. The molecule has 1 aliphatic rings. The van der Waals surface area contributed by atoms with Crippen LogP contribution < -0.4 is 10.9 Å². The predicted molar refractivity (Wildman–Crippen MR) is 106 cm³/mol. The largest absolute Gasteiger partial charge is 0.403 e. The van der Waals surface area contributed by atoms with Crippen molar-refractivity contribution < 1.29 is 9.21 Å².